The van der Waals surface area contributed by atoms with Gasteiger partial charge in [0, 0.05) is 18.8 Å². The van der Waals surface area contributed by atoms with Crippen LogP contribution in [0.15, 0.2) is 24.3 Å². The van der Waals surface area contributed by atoms with Crippen LogP contribution in [0.2, 0.25) is 0 Å². The molecule has 0 unspecified atom stereocenters. The Bertz CT molecular complexity index is 590. The minimum atomic E-state index is -4.49. The first-order valence-corrected chi connectivity index (χ1v) is 8.30. The normalized spacial score (nSPS) is 11.5. The molecule has 0 aliphatic heterocycles. The van der Waals surface area contributed by atoms with Gasteiger partial charge in [-0.2, -0.15) is 13.2 Å². The monoisotopic (exact) mass is 375 g/mol. The number of carbonyl (C=O) groups is 2. The Morgan fingerprint density at radius 2 is 1.77 bits per heavy atom. The number of benzene rings is 1. The van der Waals surface area contributed by atoms with Crippen molar-refractivity contribution in [3.05, 3.63) is 29.8 Å². The zero-order valence-corrected chi connectivity index (χ0v) is 14.9. The van der Waals surface area contributed by atoms with Crippen molar-refractivity contribution in [2.45, 2.75) is 20.0 Å². The second-order valence-electron chi connectivity index (χ2n) is 5.50. The van der Waals surface area contributed by atoms with Gasteiger partial charge in [-0.15, -0.1) is 0 Å². The summed E-state index contributed by atoms with van der Waals surface area (Å²) in [5.41, 5.74) is -0.846. The molecular weight excluding hydrogens is 351 g/mol. The number of nitrogens with one attached hydrogen (secondary N) is 2. The number of hydrogen-bond donors (Lipinski definition) is 2. The first kappa shape index (κ1) is 21.9. The minimum absolute atomic E-state index is 0.0112. The molecule has 0 aliphatic rings. The van der Waals surface area contributed by atoms with E-state index >= 15 is 0 Å². The Morgan fingerprint density at radius 3 is 2.38 bits per heavy atom. The van der Waals surface area contributed by atoms with Crippen LogP contribution < -0.4 is 10.6 Å². The molecule has 0 spiro atoms. The zero-order chi connectivity index (χ0) is 19.6. The number of halogens is 3. The van der Waals surface area contributed by atoms with E-state index in [0.29, 0.717) is 6.54 Å². The summed E-state index contributed by atoms with van der Waals surface area (Å²) in [7, 11) is 0. The van der Waals surface area contributed by atoms with Crippen molar-refractivity contribution in [1.82, 2.24) is 10.2 Å². The van der Waals surface area contributed by atoms with Crippen molar-refractivity contribution >= 4 is 17.5 Å². The minimum Gasteiger partial charge on any atom is -0.362 e. The summed E-state index contributed by atoms with van der Waals surface area (Å²) >= 11 is 0. The number of likely N-dealkylation sites (N-methyl/N-ethyl adjacent to an activating group) is 1. The molecule has 0 heterocycles. The molecule has 2 N–H and O–H groups in total. The molecule has 0 bridgehead atoms. The van der Waals surface area contributed by atoms with Crippen LogP contribution in [-0.2, 0) is 20.5 Å². The molecule has 0 saturated carbocycles. The smallest absolute Gasteiger partial charge is 0.362 e. The van der Waals surface area contributed by atoms with Crippen molar-refractivity contribution in [2.24, 2.45) is 0 Å². The molecule has 1 aromatic carbocycles. The lowest BCUT2D eigenvalue weighted by Gasteiger charge is -2.17. The molecule has 2 amide bonds. The van der Waals surface area contributed by atoms with Crippen LogP contribution in [-0.4, -0.2) is 56.1 Å². The fraction of sp³-hybridized carbons (Fsp3) is 0.529. The number of ether oxygens (including phenoxy) is 1. The summed E-state index contributed by atoms with van der Waals surface area (Å²) in [6.07, 6.45) is -4.49. The SMILES string of the molecule is CCN(CC)CCNC(=O)COCC(=O)Nc1cccc(C(F)(F)F)c1. The molecule has 1 aromatic rings. The maximum atomic E-state index is 12.6. The molecule has 0 aliphatic carbocycles. The molecule has 146 valence electrons. The quantitative estimate of drug-likeness (QED) is 0.657. The molecule has 0 atom stereocenters. The lowest BCUT2D eigenvalue weighted by Crippen LogP contribution is -2.36. The van der Waals surface area contributed by atoms with Crippen molar-refractivity contribution in [3.63, 3.8) is 0 Å². The number of rotatable bonds is 10. The van der Waals surface area contributed by atoms with Crippen molar-refractivity contribution in [1.29, 1.82) is 0 Å². The molecule has 0 fully saturated rings. The Morgan fingerprint density at radius 1 is 1.12 bits per heavy atom. The summed E-state index contributed by atoms with van der Waals surface area (Å²) < 4.78 is 42.8. The zero-order valence-electron chi connectivity index (χ0n) is 14.9. The van der Waals surface area contributed by atoms with Crippen molar-refractivity contribution in [3.8, 4) is 0 Å². The Hall–Kier alpha value is -2.13. The van der Waals surface area contributed by atoms with E-state index in [4.69, 9.17) is 4.74 Å². The van der Waals surface area contributed by atoms with Crippen LogP contribution >= 0.6 is 0 Å². The van der Waals surface area contributed by atoms with Gasteiger partial charge in [0.05, 0.1) is 5.56 Å². The summed E-state index contributed by atoms with van der Waals surface area (Å²) in [5.74, 6) is -0.996. The van der Waals surface area contributed by atoms with Gasteiger partial charge in [0.2, 0.25) is 11.8 Å². The maximum Gasteiger partial charge on any atom is 0.416 e. The Labute approximate surface area is 150 Å². The van der Waals surface area contributed by atoms with E-state index in [1.807, 2.05) is 13.8 Å². The molecular formula is C17H24F3N3O3. The van der Waals surface area contributed by atoms with Crippen LogP contribution in [0, 0.1) is 0 Å². The van der Waals surface area contributed by atoms with Gasteiger partial charge in [-0.3, -0.25) is 9.59 Å². The van der Waals surface area contributed by atoms with E-state index in [0.717, 1.165) is 31.8 Å². The molecule has 0 aromatic heterocycles. The molecule has 9 heteroatoms. The number of anilines is 1. The summed E-state index contributed by atoms with van der Waals surface area (Å²) in [4.78, 5) is 25.4. The standard InChI is InChI=1S/C17H24F3N3O3/c1-3-23(4-2)9-8-21-15(24)11-26-12-16(25)22-14-7-5-6-13(10-14)17(18,19)20/h5-7,10H,3-4,8-9,11-12H2,1-2H3,(H,21,24)(H,22,25). The number of amides is 2. The van der Waals surface area contributed by atoms with Crippen molar-refractivity contribution < 1.29 is 27.5 Å². The van der Waals surface area contributed by atoms with E-state index in [2.05, 4.69) is 15.5 Å². The predicted molar refractivity (Wildman–Crippen MR) is 91.7 cm³/mol. The largest absolute Gasteiger partial charge is 0.416 e. The Balaban J connectivity index is 2.29. The third kappa shape index (κ3) is 8.30. The molecule has 0 saturated heterocycles. The highest BCUT2D eigenvalue weighted by molar-refractivity contribution is 5.92. The van der Waals surface area contributed by atoms with E-state index in [-0.39, 0.29) is 18.2 Å². The Kier molecular flexibility index (Phi) is 9.08. The van der Waals surface area contributed by atoms with E-state index in [1.165, 1.54) is 12.1 Å². The highest BCUT2D eigenvalue weighted by Crippen LogP contribution is 2.30. The lowest BCUT2D eigenvalue weighted by atomic mass is 10.2. The second-order valence-corrected chi connectivity index (χ2v) is 5.50. The van der Waals surface area contributed by atoms with Gasteiger partial charge >= 0.3 is 6.18 Å². The topological polar surface area (TPSA) is 70.7 Å². The van der Waals surface area contributed by atoms with Crippen LogP contribution in [0.25, 0.3) is 0 Å². The number of carbonyl (C=O) groups excluding carboxylic acids is 2. The lowest BCUT2D eigenvalue weighted by molar-refractivity contribution is -0.137. The third-order valence-corrected chi connectivity index (χ3v) is 3.58. The average Bonchev–Trinajstić information content (AvgIpc) is 2.58. The van der Waals surface area contributed by atoms with Gasteiger partial charge < -0.3 is 20.3 Å². The van der Waals surface area contributed by atoms with Crippen LogP contribution in [0.5, 0.6) is 0 Å². The summed E-state index contributed by atoms with van der Waals surface area (Å²) in [5, 5.41) is 4.97. The van der Waals surface area contributed by atoms with E-state index < -0.39 is 24.3 Å². The number of nitrogens with zero attached hydrogens (tertiary/aromatic N) is 1. The van der Waals surface area contributed by atoms with E-state index in [9.17, 15) is 22.8 Å². The summed E-state index contributed by atoms with van der Waals surface area (Å²) in [6, 6.07) is 4.28. The van der Waals surface area contributed by atoms with Crippen molar-refractivity contribution in [2.75, 3.05) is 44.7 Å². The van der Waals surface area contributed by atoms with Gasteiger partial charge in [-0.25, -0.2) is 0 Å². The van der Waals surface area contributed by atoms with Gasteiger partial charge in [-0.1, -0.05) is 19.9 Å². The van der Waals surface area contributed by atoms with Crippen LogP contribution in [0.4, 0.5) is 18.9 Å². The van der Waals surface area contributed by atoms with Crippen LogP contribution in [0.1, 0.15) is 19.4 Å². The van der Waals surface area contributed by atoms with E-state index in [1.54, 1.807) is 0 Å². The highest BCUT2D eigenvalue weighted by Gasteiger charge is 2.30. The molecule has 26 heavy (non-hydrogen) atoms. The third-order valence-electron chi connectivity index (χ3n) is 3.58. The number of alkyl halides is 3. The molecule has 6 nitrogen and oxygen atoms in total. The molecule has 0 radical (unpaired) electrons. The van der Waals surface area contributed by atoms with Gasteiger partial charge in [0.1, 0.15) is 13.2 Å². The van der Waals surface area contributed by atoms with Crippen LogP contribution in [0.3, 0.4) is 0 Å². The first-order chi connectivity index (χ1) is 12.3. The first-order valence-electron chi connectivity index (χ1n) is 8.30. The van der Waals surface area contributed by atoms with Gasteiger partial charge in [0.15, 0.2) is 0 Å². The highest BCUT2D eigenvalue weighted by atomic mass is 19.4. The fourth-order valence-electron chi connectivity index (χ4n) is 2.15. The maximum absolute atomic E-state index is 12.6. The fourth-order valence-corrected chi connectivity index (χ4v) is 2.15. The summed E-state index contributed by atoms with van der Waals surface area (Å²) in [6.45, 7) is 6.29. The van der Waals surface area contributed by atoms with Gasteiger partial charge in [0.25, 0.3) is 0 Å². The second kappa shape index (κ2) is 10.8. The van der Waals surface area contributed by atoms with Gasteiger partial charge in [-0.05, 0) is 31.3 Å². The molecule has 1 rings (SSSR count). The number of hydrogen-bond acceptors (Lipinski definition) is 4. The average molecular weight is 375 g/mol. The predicted octanol–water partition coefficient (Wildman–Crippen LogP) is 2.12.